The molecule has 1 amide bonds. The molecule has 10 nitrogen and oxygen atoms in total. The van der Waals surface area contributed by atoms with Gasteiger partial charge in [0, 0.05) is 36.3 Å². The van der Waals surface area contributed by atoms with Crippen molar-refractivity contribution in [3.63, 3.8) is 0 Å². The molecule has 0 spiro atoms. The van der Waals surface area contributed by atoms with E-state index in [1.54, 1.807) is 13.8 Å². The van der Waals surface area contributed by atoms with Gasteiger partial charge in [0.1, 0.15) is 4.90 Å². The Bertz CT molecular complexity index is 1240. The number of amides is 1. The number of fused-ring (bicyclic) bond motifs is 1. The molecular formula is C18H18ClN5O5S. The minimum absolute atomic E-state index is 0.0285. The Kier molecular flexibility index (Phi) is 6.06. The lowest BCUT2D eigenvalue weighted by Crippen LogP contribution is -2.30. The van der Waals surface area contributed by atoms with Crippen LogP contribution in [0.25, 0.3) is 10.9 Å². The third-order valence-corrected chi connectivity index (χ3v) is 7.02. The summed E-state index contributed by atoms with van der Waals surface area (Å²) < 4.78 is 26.9. The van der Waals surface area contributed by atoms with Gasteiger partial charge < -0.3 is 5.32 Å². The normalized spacial score (nSPS) is 11.7. The van der Waals surface area contributed by atoms with Crippen molar-refractivity contribution in [2.24, 2.45) is 0 Å². The van der Waals surface area contributed by atoms with Gasteiger partial charge in [0.15, 0.2) is 5.69 Å². The molecule has 0 aliphatic carbocycles. The van der Waals surface area contributed by atoms with Crippen molar-refractivity contribution in [2.75, 3.05) is 18.4 Å². The minimum Gasteiger partial charge on any atom is -0.321 e. The Balaban J connectivity index is 1.96. The number of sulfonamides is 1. The van der Waals surface area contributed by atoms with Crippen LogP contribution >= 0.6 is 11.6 Å². The summed E-state index contributed by atoms with van der Waals surface area (Å²) in [5, 5.41) is 20.4. The zero-order valence-corrected chi connectivity index (χ0v) is 17.6. The Hall–Kier alpha value is -3.02. The number of hydrogen-bond donors (Lipinski definition) is 2. The molecule has 0 aliphatic heterocycles. The van der Waals surface area contributed by atoms with Crippen LogP contribution in [-0.2, 0) is 10.0 Å². The fourth-order valence-electron chi connectivity index (χ4n) is 2.96. The predicted molar refractivity (Wildman–Crippen MR) is 112 cm³/mol. The first-order valence-corrected chi connectivity index (χ1v) is 10.7. The summed E-state index contributed by atoms with van der Waals surface area (Å²) in [6.45, 7) is 3.96. The number of rotatable bonds is 7. The highest BCUT2D eigenvalue weighted by Gasteiger charge is 2.25. The highest BCUT2D eigenvalue weighted by molar-refractivity contribution is 7.89. The van der Waals surface area contributed by atoms with E-state index in [-0.39, 0.29) is 45.5 Å². The molecule has 1 heterocycles. The van der Waals surface area contributed by atoms with Gasteiger partial charge in [-0.2, -0.15) is 9.40 Å². The molecule has 0 aliphatic rings. The number of nitro benzene ring substituents is 1. The van der Waals surface area contributed by atoms with Crippen molar-refractivity contribution in [1.29, 1.82) is 0 Å². The van der Waals surface area contributed by atoms with Gasteiger partial charge in [-0.25, -0.2) is 8.42 Å². The molecule has 0 saturated heterocycles. The fraction of sp³-hybridized carbons (Fsp3) is 0.222. The van der Waals surface area contributed by atoms with Gasteiger partial charge in [-0.3, -0.25) is 20.0 Å². The second-order valence-corrected chi connectivity index (χ2v) is 8.56. The summed E-state index contributed by atoms with van der Waals surface area (Å²) in [5.41, 5.74) is 0.400. The van der Waals surface area contributed by atoms with Crippen molar-refractivity contribution < 1.29 is 18.1 Å². The lowest BCUT2D eigenvalue weighted by molar-refractivity contribution is -0.384. The van der Waals surface area contributed by atoms with Crippen LogP contribution < -0.4 is 5.32 Å². The summed E-state index contributed by atoms with van der Waals surface area (Å²) in [7, 11) is -3.84. The Morgan fingerprint density at radius 1 is 1.23 bits per heavy atom. The molecule has 2 aromatic carbocycles. The van der Waals surface area contributed by atoms with Gasteiger partial charge >= 0.3 is 0 Å². The van der Waals surface area contributed by atoms with Crippen LogP contribution in [0.2, 0.25) is 5.02 Å². The Morgan fingerprint density at radius 2 is 1.93 bits per heavy atom. The monoisotopic (exact) mass is 451 g/mol. The van der Waals surface area contributed by atoms with Crippen LogP contribution in [0, 0.1) is 10.1 Å². The Labute approximate surface area is 177 Å². The predicted octanol–water partition coefficient (Wildman–Crippen LogP) is 3.41. The van der Waals surface area contributed by atoms with Gasteiger partial charge in [-0.15, -0.1) is 0 Å². The summed E-state index contributed by atoms with van der Waals surface area (Å²) in [4.78, 5) is 23.0. The van der Waals surface area contributed by atoms with E-state index in [0.29, 0.717) is 5.52 Å². The largest absolute Gasteiger partial charge is 0.321 e. The number of nitrogens with one attached hydrogen (secondary N) is 2. The van der Waals surface area contributed by atoms with Crippen molar-refractivity contribution in [3.8, 4) is 0 Å². The fourth-order valence-corrected chi connectivity index (χ4v) is 4.92. The molecule has 30 heavy (non-hydrogen) atoms. The second-order valence-electron chi connectivity index (χ2n) is 6.25. The number of nitrogens with zero attached hydrogens (tertiary/aromatic N) is 3. The number of hydrogen-bond acceptors (Lipinski definition) is 6. The topological polar surface area (TPSA) is 138 Å². The van der Waals surface area contributed by atoms with Crippen molar-refractivity contribution in [1.82, 2.24) is 14.5 Å². The number of carbonyl (C=O) groups excluding carboxylic acids is 1. The molecule has 1 aromatic heterocycles. The molecule has 0 unspecified atom stereocenters. The second kappa shape index (κ2) is 8.38. The zero-order chi connectivity index (χ0) is 22.1. The SMILES string of the molecule is CCN(CC)S(=O)(=O)c1cc(NC(=O)c2n[nH]c3ccc([N+](=O)[O-])cc23)ccc1Cl. The number of anilines is 1. The van der Waals surface area contributed by atoms with E-state index in [2.05, 4.69) is 15.5 Å². The van der Waals surface area contributed by atoms with Crippen molar-refractivity contribution >= 4 is 49.8 Å². The zero-order valence-electron chi connectivity index (χ0n) is 16.0. The van der Waals surface area contributed by atoms with Crippen molar-refractivity contribution in [3.05, 3.63) is 57.2 Å². The molecule has 3 rings (SSSR count). The average Bonchev–Trinajstić information content (AvgIpc) is 3.13. The summed E-state index contributed by atoms with van der Waals surface area (Å²) in [6.07, 6.45) is 0. The number of non-ortho nitro benzene ring substituents is 1. The molecule has 158 valence electrons. The van der Waals surface area contributed by atoms with E-state index in [0.717, 1.165) is 0 Å². The molecule has 2 N–H and O–H groups in total. The number of carbonyl (C=O) groups is 1. The van der Waals surface area contributed by atoms with Crippen molar-refractivity contribution in [2.45, 2.75) is 18.7 Å². The van der Waals surface area contributed by atoms with Gasteiger partial charge in [-0.1, -0.05) is 25.4 Å². The summed E-state index contributed by atoms with van der Waals surface area (Å²) in [5.74, 6) is -0.657. The number of aromatic nitrogens is 2. The molecule has 0 fully saturated rings. The molecule has 0 saturated carbocycles. The smallest absolute Gasteiger partial charge is 0.276 e. The molecule has 0 bridgehead atoms. The summed E-state index contributed by atoms with van der Waals surface area (Å²) >= 11 is 6.10. The lowest BCUT2D eigenvalue weighted by Gasteiger charge is -2.19. The molecule has 12 heteroatoms. The lowest BCUT2D eigenvalue weighted by atomic mass is 10.2. The molecule has 3 aromatic rings. The number of halogens is 1. The maximum absolute atomic E-state index is 12.8. The molecular weight excluding hydrogens is 434 g/mol. The van der Waals surface area contributed by atoms with E-state index in [4.69, 9.17) is 11.6 Å². The maximum Gasteiger partial charge on any atom is 0.276 e. The van der Waals surface area contributed by atoms with Gasteiger partial charge in [-0.05, 0) is 24.3 Å². The van der Waals surface area contributed by atoms with Gasteiger partial charge in [0.2, 0.25) is 10.0 Å². The number of benzene rings is 2. The van der Waals surface area contributed by atoms with Crippen LogP contribution in [0.3, 0.4) is 0 Å². The quantitative estimate of drug-likeness (QED) is 0.417. The van der Waals surface area contributed by atoms with Crippen LogP contribution in [0.15, 0.2) is 41.3 Å². The highest BCUT2D eigenvalue weighted by Crippen LogP contribution is 2.28. The van der Waals surface area contributed by atoms with E-state index >= 15 is 0 Å². The third kappa shape index (κ3) is 3.99. The van der Waals surface area contributed by atoms with Crippen LogP contribution in [0.1, 0.15) is 24.3 Å². The first kappa shape index (κ1) is 21.7. The standard InChI is InChI=1S/C18H18ClN5O5S/c1-3-23(4-2)30(28,29)16-9-11(5-7-14(16)19)20-18(25)17-13-10-12(24(26)27)6-8-15(13)21-22-17/h5-10H,3-4H2,1-2H3,(H,20,25)(H,21,22). The number of aromatic amines is 1. The summed E-state index contributed by atoms with van der Waals surface area (Å²) in [6, 6.07) is 8.09. The first-order valence-electron chi connectivity index (χ1n) is 8.92. The highest BCUT2D eigenvalue weighted by atomic mass is 35.5. The van der Waals surface area contributed by atoms with Gasteiger partial charge in [0.05, 0.1) is 15.5 Å². The van der Waals surface area contributed by atoms with Crippen LogP contribution in [-0.4, -0.2) is 46.8 Å². The number of nitro groups is 1. The van der Waals surface area contributed by atoms with Crippen LogP contribution in [0.4, 0.5) is 11.4 Å². The molecule has 0 radical (unpaired) electrons. The third-order valence-electron chi connectivity index (χ3n) is 4.48. The van der Waals surface area contributed by atoms with E-state index in [1.165, 1.54) is 40.7 Å². The average molecular weight is 452 g/mol. The Morgan fingerprint density at radius 3 is 2.57 bits per heavy atom. The maximum atomic E-state index is 12.8. The van der Waals surface area contributed by atoms with E-state index in [1.807, 2.05) is 0 Å². The van der Waals surface area contributed by atoms with E-state index in [9.17, 15) is 23.3 Å². The minimum atomic E-state index is -3.84. The number of H-pyrrole nitrogens is 1. The van der Waals surface area contributed by atoms with Gasteiger partial charge in [0.25, 0.3) is 11.6 Å². The van der Waals surface area contributed by atoms with Crippen LogP contribution in [0.5, 0.6) is 0 Å². The molecule has 0 atom stereocenters. The van der Waals surface area contributed by atoms with E-state index < -0.39 is 20.9 Å². The first-order chi connectivity index (χ1) is 14.2.